The van der Waals surface area contributed by atoms with E-state index in [0.717, 1.165) is 31.1 Å². The van der Waals surface area contributed by atoms with Gasteiger partial charge in [-0.2, -0.15) is 4.98 Å². The second-order valence-electron chi connectivity index (χ2n) is 5.64. The van der Waals surface area contributed by atoms with Gasteiger partial charge < -0.3 is 9.84 Å². The van der Waals surface area contributed by atoms with E-state index in [1.807, 2.05) is 7.05 Å². The Hall–Kier alpha value is -0.940. The van der Waals surface area contributed by atoms with Crippen LogP contribution in [-0.2, 0) is 12.8 Å². The van der Waals surface area contributed by atoms with Crippen molar-refractivity contribution in [3.63, 3.8) is 0 Å². The molecule has 0 radical (unpaired) electrons. The van der Waals surface area contributed by atoms with Crippen LogP contribution in [0.3, 0.4) is 0 Å². The lowest BCUT2D eigenvalue weighted by Gasteiger charge is -2.38. The number of hydrogen-bond donors (Lipinski definition) is 1. The maximum Gasteiger partial charge on any atom is 0.227 e. The van der Waals surface area contributed by atoms with E-state index in [9.17, 15) is 0 Å². The molecule has 1 unspecified atom stereocenters. The van der Waals surface area contributed by atoms with Crippen LogP contribution in [0, 0.1) is 0 Å². The third kappa shape index (κ3) is 4.01. The SMILES string of the molecule is CNCCc1nc(CC2CCCCN2C(C)C)no1. The molecule has 2 rings (SSSR count). The first-order valence-electron chi connectivity index (χ1n) is 7.42. The van der Waals surface area contributed by atoms with Crippen molar-refractivity contribution in [1.29, 1.82) is 0 Å². The molecule has 5 nitrogen and oxygen atoms in total. The van der Waals surface area contributed by atoms with Crippen LogP contribution in [0.1, 0.15) is 44.8 Å². The van der Waals surface area contributed by atoms with E-state index in [1.54, 1.807) is 0 Å². The predicted molar refractivity (Wildman–Crippen MR) is 75.1 cm³/mol. The first-order chi connectivity index (χ1) is 9.20. The second-order valence-corrected chi connectivity index (χ2v) is 5.64. The van der Waals surface area contributed by atoms with Crippen LogP contribution in [0.25, 0.3) is 0 Å². The molecule has 2 heterocycles. The van der Waals surface area contributed by atoms with Crippen molar-refractivity contribution in [1.82, 2.24) is 20.4 Å². The summed E-state index contributed by atoms with van der Waals surface area (Å²) >= 11 is 0. The van der Waals surface area contributed by atoms with Gasteiger partial charge >= 0.3 is 0 Å². The van der Waals surface area contributed by atoms with E-state index in [4.69, 9.17) is 4.52 Å². The summed E-state index contributed by atoms with van der Waals surface area (Å²) in [6, 6.07) is 1.17. The van der Waals surface area contributed by atoms with Gasteiger partial charge in [-0.25, -0.2) is 0 Å². The first-order valence-corrected chi connectivity index (χ1v) is 7.42. The van der Waals surface area contributed by atoms with Crippen molar-refractivity contribution in [2.24, 2.45) is 0 Å². The zero-order valence-corrected chi connectivity index (χ0v) is 12.4. The minimum Gasteiger partial charge on any atom is -0.339 e. The molecule has 0 aromatic carbocycles. The van der Waals surface area contributed by atoms with Gasteiger partial charge in [-0.05, 0) is 40.3 Å². The highest BCUT2D eigenvalue weighted by molar-refractivity contribution is 4.93. The molecule has 0 aliphatic carbocycles. The van der Waals surface area contributed by atoms with E-state index >= 15 is 0 Å². The summed E-state index contributed by atoms with van der Waals surface area (Å²) in [7, 11) is 1.93. The van der Waals surface area contributed by atoms with E-state index in [1.165, 1.54) is 25.8 Å². The standard InChI is InChI=1S/C14H26N4O/c1-11(2)18-9-5-4-6-12(18)10-13-16-14(19-17-13)7-8-15-3/h11-12,15H,4-10H2,1-3H3. The van der Waals surface area contributed by atoms with Gasteiger partial charge in [0.25, 0.3) is 0 Å². The van der Waals surface area contributed by atoms with Crippen LogP contribution >= 0.6 is 0 Å². The summed E-state index contributed by atoms with van der Waals surface area (Å²) in [5.74, 6) is 1.61. The molecule has 0 amide bonds. The zero-order chi connectivity index (χ0) is 13.7. The van der Waals surface area contributed by atoms with Gasteiger partial charge in [0, 0.05) is 31.5 Å². The van der Waals surface area contributed by atoms with Crippen molar-refractivity contribution in [3.8, 4) is 0 Å². The Balaban J connectivity index is 1.93. The molecule has 1 fully saturated rings. The lowest BCUT2D eigenvalue weighted by Crippen LogP contribution is -2.45. The predicted octanol–water partition coefficient (Wildman–Crippen LogP) is 1.64. The minimum atomic E-state index is 0.573. The Morgan fingerprint density at radius 3 is 3.00 bits per heavy atom. The molecule has 1 saturated heterocycles. The Bertz CT molecular complexity index is 377. The largest absolute Gasteiger partial charge is 0.339 e. The molecule has 1 aromatic rings. The number of likely N-dealkylation sites (N-methyl/N-ethyl adjacent to an activating group) is 1. The highest BCUT2D eigenvalue weighted by Gasteiger charge is 2.26. The van der Waals surface area contributed by atoms with E-state index in [0.29, 0.717) is 12.1 Å². The van der Waals surface area contributed by atoms with Crippen molar-refractivity contribution in [2.45, 2.75) is 58.0 Å². The maximum absolute atomic E-state index is 5.28. The molecule has 0 spiro atoms. The Morgan fingerprint density at radius 1 is 1.42 bits per heavy atom. The molecule has 5 heteroatoms. The number of likely N-dealkylation sites (tertiary alicyclic amines) is 1. The summed E-state index contributed by atoms with van der Waals surface area (Å²) in [4.78, 5) is 7.07. The maximum atomic E-state index is 5.28. The van der Waals surface area contributed by atoms with Crippen molar-refractivity contribution in [3.05, 3.63) is 11.7 Å². The summed E-state index contributed by atoms with van der Waals surface area (Å²) in [6.45, 7) is 6.62. The van der Waals surface area contributed by atoms with Crippen LogP contribution in [0.2, 0.25) is 0 Å². The molecular weight excluding hydrogens is 240 g/mol. The smallest absolute Gasteiger partial charge is 0.227 e. The fourth-order valence-electron chi connectivity index (χ4n) is 2.84. The second kappa shape index (κ2) is 7.01. The van der Waals surface area contributed by atoms with Gasteiger partial charge in [-0.15, -0.1) is 0 Å². The van der Waals surface area contributed by atoms with Crippen LogP contribution in [0.4, 0.5) is 0 Å². The van der Waals surface area contributed by atoms with Crippen LogP contribution < -0.4 is 5.32 Å². The Kier molecular flexibility index (Phi) is 5.34. The number of aromatic nitrogens is 2. The van der Waals surface area contributed by atoms with Crippen LogP contribution in [0.15, 0.2) is 4.52 Å². The monoisotopic (exact) mass is 266 g/mol. The fourth-order valence-corrected chi connectivity index (χ4v) is 2.84. The third-order valence-electron chi connectivity index (χ3n) is 3.85. The molecule has 1 atom stereocenters. The van der Waals surface area contributed by atoms with E-state index in [2.05, 4.69) is 34.2 Å². The van der Waals surface area contributed by atoms with Gasteiger partial charge in [-0.3, -0.25) is 4.90 Å². The molecule has 1 aliphatic rings. The quantitative estimate of drug-likeness (QED) is 0.848. The third-order valence-corrected chi connectivity index (χ3v) is 3.85. The lowest BCUT2D eigenvalue weighted by atomic mass is 9.97. The van der Waals surface area contributed by atoms with Crippen molar-refractivity contribution < 1.29 is 4.52 Å². The minimum absolute atomic E-state index is 0.573. The number of nitrogens with zero attached hydrogens (tertiary/aromatic N) is 3. The molecule has 0 saturated carbocycles. The van der Waals surface area contributed by atoms with E-state index in [-0.39, 0.29) is 0 Å². The normalized spacial score (nSPS) is 21.2. The van der Waals surface area contributed by atoms with Gasteiger partial charge in [0.2, 0.25) is 5.89 Å². The molecule has 1 aromatic heterocycles. The summed E-state index contributed by atoms with van der Waals surface area (Å²) in [6.07, 6.45) is 5.61. The highest BCUT2D eigenvalue weighted by atomic mass is 16.5. The number of rotatable bonds is 6. The van der Waals surface area contributed by atoms with E-state index < -0.39 is 0 Å². The average Bonchev–Trinajstić information content (AvgIpc) is 2.84. The molecular formula is C14H26N4O. The molecule has 1 aliphatic heterocycles. The topological polar surface area (TPSA) is 54.2 Å². The Labute approximate surface area is 115 Å². The van der Waals surface area contributed by atoms with Crippen LogP contribution in [-0.4, -0.2) is 47.3 Å². The van der Waals surface area contributed by atoms with Crippen LogP contribution in [0.5, 0.6) is 0 Å². The van der Waals surface area contributed by atoms with Gasteiger partial charge in [0.05, 0.1) is 0 Å². The molecule has 1 N–H and O–H groups in total. The number of piperidine rings is 1. The summed E-state index contributed by atoms with van der Waals surface area (Å²) in [5.41, 5.74) is 0. The highest BCUT2D eigenvalue weighted by Crippen LogP contribution is 2.22. The first kappa shape index (κ1) is 14.5. The van der Waals surface area contributed by atoms with Gasteiger partial charge in [-0.1, -0.05) is 11.6 Å². The lowest BCUT2D eigenvalue weighted by molar-refractivity contribution is 0.110. The average molecular weight is 266 g/mol. The van der Waals surface area contributed by atoms with Gasteiger partial charge in [0.15, 0.2) is 5.82 Å². The molecule has 0 bridgehead atoms. The van der Waals surface area contributed by atoms with Gasteiger partial charge in [0.1, 0.15) is 0 Å². The summed E-state index contributed by atoms with van der Waals surface area (Å²) < 4.78 is 5.28. The fraction of sp³-hybridized carbons (Fsp3) is 0.857. The zero-order valence-electron chi connectivity index (χ0n) is 12.4. The number of nitrogens with one attached hydrogen (secondary N) is 1. The summed E-state index contributed by atoms with van der Waals surface area (Å²) in [5, 5.41) is 7.21. The molecule has 108 valence electrons. The van der Waals surface area contributed by atoms with Crippen molar-refractivity contribution in [2.75, 3.05) is 20.1 Å². The van der Waals surface area contributed by atoms with Crippen molar-refractivity contribution >= 4 is 0 Å². The Morgan fingerprint density at radius 2 is 2.26 bits per heavy atom. The molecule has 19 heavy (non-hydrogen) atoms. The number of hydrogen-bond acceptors (Lipinski definition) is 5.